The zero-order valence-corrected chi connectivity index (χ0v) is 20.3. The Hall–Kier alpha value is -3.35. The lowest BCUT2D eigenvalue weighted by atomic mass is 9.78. The average Bonchev–Trinajstić information content (AvgIpc) is 3.10. The molecule has 2 unspecified atom stereocenters. The third-order valence-corrected chi connectivity index (χ3v) is 7.41. The summed E-state index contributed by atoms with van der Waals surface area (Å²) >= 11 is 0. The van der Waals surface area contributed by atoms with Crippen molar-refractivity contribution in [3.63, 3.8) is 0 Å². The van der Waals surface area contributed by atoms with Crippen molar-refractivity contribution < 1.29 is 24.2 Å². The summed E-state index contributed by atoms with van der Waals surface area (Å²) in [4.78, 5) is 36.7. The molecule has 2 aromatic rings. The molecule has 0 radical (unpaired) electrons. The maximum Gasteiger partial charge on any atom is 0.407 e. The number of hydrogen-bond acceptors (Lipinski definition) is 4. The van der Waals surface area contributed by atoms with E-state index in [9.17, 15) is 19.5 Å². The summed E-state index contributed by atoms with van der Waals surface area (Å²) in [5.74, 6) is -1.71. The number of carboxylic acid groups (broad SMARTS) is 1. The number of benzene rings is 2. The quantitative estimate of drug-likeness (QED) is 0.464. The van der Waals surface area contributed by atoms with Crippen LogP contribution in [0.2, 0.25) is 0 Å². The Morgan fingerprint density at radius 3 is 2.11 bits per heavy atom. The third kappa shape index (κ3) is 5.66. The monoisotopic (exact) mass is 478 g/mol. The van der Waals surface area contributed by atoms with Crippen molar-refractivity contribution in [1.82, 2.24) is 10.6 Å². The molecule has 1 saturated carbocycles. The van der Waals surface area contributed by atoms with E-state index in [0.717, 1.165) is 30.4 Å². The Labute approximate surface area is 206 Å². The van der Waals surface area contributed by atoms with Gasteiger partial charge in [-0.1, -0.05) is 68.8 Å². The number of carboxylic acids is 1. The Bertz CT molecular complexity index is 1030. The van der Waals surface area contributed by atoms with Gasteiger partial charge in [-0.3, -0.25) is 9.59 Å². The Kier molecular flexibility index (Phi) is 7.73. The molecule has 0 aliphatic heterocycles. The van der Waals surface area contributed by atoms with Gasteiger partial charge in [-0.2, -0.15) is 0 Å². The topological polar surface area (TPSA) is 105 Å². The molecule has 7 heteroatoms. The minimum Gasteiger partial charge on any atom is -0.481 e. The zero-order chi connectivity index (χ0) is 24.9. The molecule has 0 bridgehead atoms. The molecule has 2 atom stereocenters. The first-order chi connectivity index (χ1) is 16.8. The van der Waals surface area contributed by atoms with Crippen molar-refractivity contribution in [1.29, 1.82) is 0 Å². The SMILES string of the molecule is CC(C)C(CNC(=O)CC(NC(=O)OCC1c2ccccc2-c2ccccc21)C1CCC1)C(=O)O. The van der Waals surface area contributed by atoms with Crippen LogP contribution in [0.3, 0.4) is 0 Å². The molecule has 4 rings (SSSR count). The number of fused-ring (bicyclic) bond motifs is 3. The van der Waals surface area contributed by atoms with E-state index < -0.39 is 18.0 Å². The van der Waals surface area contributed by atoms with Gasteiger partial charge < -0.3 is 20.5 Å². The van der Waals surface area contributed by atoms with Gasteiger partial charge in [0, 0.05) is 24.9 Å². The minimum absolute atomic E-state index is 0.0254. The van der Waals surface area contributed by atoms with Gasteiger partial charge in [-0.05, 0) is 46.9 Å². The largest absolute Gasteiger partial charge is 0.481 e. The van der Waals surface area contributed by atoms with Gasteiger partial charge in [0.25, 0.3) is 0 Å². The van der Waals surface area contributed by atoms with Crippen LogP contribution in [0.4, 0.5) is 4.79 Å². The van der Waals surface area contributed by atoms with Crippen LogP contribution in [0.15, 0.2) is 48.5 Å². The lowest BCUT2D eigenvalue weighted by Crippen LogP contribution is -2.47. The Morgan fingerprint density at radius 2 is 1.60 bits per heavy atom. The Morgan fingerprint density at radius 1 is 1.00 bits per heavy atom. The standard InChI is InChI=1S/C28H34N2O5/c1-17(2)23(27(32)33)15-29-26(31)14-25(18-8-7-9-18)30-28(34)35-16-24-21-12-5-3-10-19(21)20-11-4-6-13-22(20)24/h3-6,10-13,17-18,23-25H,7-9,14-16H2,1-2H3,(H,29,31)(H,30,34)(H,32,33). The summed E-state index contributed by atoms with van der Waals surface area (Å²) in [6.45, 7) is 3.94. The molecule has 2 amide bonds. The summed E-state index contributed by atoms with van der Waals surface area (Å²) in [5.41, 5.74) is 4.63. The molecule has 2 aliphatic carbocycles. The number of rotatable bonds is 10. The van der Waals surface area contributed by atoms with E-state index >= 15 is 0 Å². The highest BCUT2D eigenvalue weighted by molar-refractivity contribution is 5.80. The van der Waals surface area contributed by atoms with Gasteiger partial charge in [0.15, 0.2) is 0 Å². The van der Waals surface area contributed by atoms with Crippen LogP contribution >= 0.6 is 0 Å². The number of aliphatic carboxylic acids is 1. The molecule has 0 saturated heterocycles. The number of nitrogens with one attached hydrogen (secondary N) is 2. The second-order valence-electron chi connectivity index (χ2n) is 9.96. The molecule has 0 heterocycles. The molecular weight excluding hydrogens is 444 g/mol. The first kappa shape index (κ1) is 24.8. The summed E-state index contributed by atoms with van der Waals surface area (Å²) < 4.78 is 5.67. The van der Waals surface area contributed by atoms with Crippen molar-refractivity contribution in [3.8, 4) is 11.1 Å². The van der Waals surface area contributed by atoms with E-state index in [4.69, 9.17) is 4.74 Å². The van der Waals surface area contributed by atoms with Gasteiger partial charge in [0.05, 0.1) is 5.92 Å². The third-order valence-electron chi connectivity index (χ3n) is 7.41. The van der Waals surface area contributed by atoms with E-state index in [1.165, 1.54) is 11.1 Å². The molecule has 7 nitrogen and oxygen atoms in total. The molecule has 35 heavy (non-hydrogen) atoms. The normalized spacial score (nSPS) is 16.5. The fraction of sp³-hybridized carbons (Fsp3) is 0.464. The second kappa shape index (κ2) is 10.9. The molecule has 2 aliphatic rings. The summed E-state index contributed by atoms with van der Waals surface area (Å²) in [6, 6.07) is 16.0. The summed E-state index contributed by atoms with van der Waals surface area (Å²) in [7, 11) is 0. The predicted molar refractivity (Wildman–Crippen MR) is 133 cm³/mol. The van der Waals surface area contributed by atoms with Gasteiger partial charge >= 0.3 is 12.1 Å². The highest BCUT2D eigenvalue weighted by atomic mass is 16.5. The molecule has 186 valence electrons. The van der Waals surface area contributed by atoms with Crippen LogP contribution in [-0.2, 0) is 14.3 Å². The molecule has 2 aromatic carbocycles. The van der Waals surface area contributed by atoms with E-state index in [0.29, 0.717) is 0 Å². The van der Waals surface area contributed by atoms with Gasteiger partial charge in [-0.25, -0.2) is 4.79 Å². The highest BCUT2D eigenvalue weighted by Crippen LogP contribution is 2.44. The maximum atomic E-state index is 12.8. The maximum absolute atomic E-state index is 12.8. The molecule has 0 spiro atoms. The first-order valence-electron chi connectivity index (χ1n) is 12.5. The number of ether oxygens (including phenoxy) is 1. The fourth-order valence-electron chi connectivity index (χ4n) is 5.07. The number of amides is 2. The van der Waals surface area contributed by atoms with Gasteiger partial charge in [0.2, 0.25) is 5.91 Å². The predicted octanol–water partition coefficient (Wildman–Crippen LogP) is 4.56. The first-order valence-corrected chi connectivity index (χ1v) is 12.5. The van der Waals surface area contributed by atoms with Crippen LogP contribution in [0.1, 0.15) is 56.6 Å². The number of carbonyl (C=O) groups excluding carboxylic acids is 2. The van der Waals surface area contributed by atoms with Crippen LogP contribution in [0.5, 0.6) is 0 Å². The lowest BCUT2D eigenvalue weighted by Gasteiger charge is -2.34. The van der Waals surface area contributed by atoms with E-state index in [-0.39, 0.29) is 49.3 Å². The van der Waals surface area contributed by atoms with Gasteiger partial charge in [-0.15, -0.1) is 0 Å². The van der Waals surface area contributed by atoms with Crippen LogP contribution in [-0.4, -0.2) is 42.3 Å². The van der Waals surface area contributed by atoms with Crippen molar-refractivity contribution in [2.24, 2.45) is 17.8 Å². The molecular formula is C28H34N2O5. The van der Waals surface area contributed by atoms with E-state index in [2.05, 4.69) is 34.9 Å². The number of carbonyl (C=O) groups is 3. The Balaban J connectivity index is 1.34. The second-order valence-corrected chi connectivity index (χ2v) is 9.96. The minimum atomic E-state index is -0.924. The number of hydrogen-bond donors (Lipinski definition) is 3. The van der Waals surface area contributed by atoms with E-state index in [1.807, 2.05) is 38.1 Å². The number of alkyl carbamates (subject to hydrolysis) is 1. The van der Waals surface area contributed by atoms with Crippen molar-refractivity contribution in [2.45, 2.75) is 51.5 Å². The van der Waals surface area contributed by atoms with Crippen molar-refractivity contribution >= 4 is 18.0 Å². The lowest BCUT2D eigenvalue weighted by molar-refractivity contribution is -0.143. The van der Waals surface area contributed by atoms with E-state index in [1.54, 1.807) is 0 Å². The van der Waals surface area contributed by atoms with Crippen LogP contribution in [0, 0.1) is 17.8 Å². The van der Waals surface area contributed by atoms with Crippen molar-refractivity contribution in [3.05, 3.63) is 59.7 Å². The summed E-state index contributed by atoms with van der Waals surface area (Å²) in [5, 5.41) is 15.0. The molecule has 0 aromatic heterocycles. The van der Waals surface area contributed by atoms with Crippen LogP contribution in [0.25, 0.3) is 11.1 Å². The molecule has 3 N–H and O–H groups in total. The zero-order valence-electron chi connectivity index (χ0n) is 20.3. The van der Waals surface area contributed by atoms with Gasteiger partial charge in [0.1, 0.15) is 6.61 Å². The average molecular weight is 479 g/mol. The van der Waals surface area contributed by atoms with Crippen LogP contribution < -0.4 is 10.6 Å². The highest BCUT2D eigenvalue weighted by Gasteiger charge is 2.33. The molecule has 1 fully saturated rings. The fourth-order valence-corrected chi connectivity index (χ4v) is 5.07. The van der Waals surface area contributed by atoms with Crippen molar-refractivity contribution in [2.75, 3.05) is 13.2 Å². The summed E-state index contributed by atoms with van der Waals surface area (Å²) in [6.07, 6.45) is 2.56. The smallest absolute Gasteiger partial charge is 0.407 e.